The van der Waals surface area contributed by atoms with E-state index < -0.39 is 0 Å². The lowest BCUT2D eigenvalue weighted by Crippen LogP contribution is -2.41. The number of nitriles is 1. The highest BCUT2D eigenvalue weighted by Crippen LogP contribution is 2.28. The van der Waals surface area contributed by atoms with Crippen molar-refractivity contribution in [3.05, 3.63) is 11.3 Å². The van der Waals surface area contributed by atoms with Crippen molar-refractivity contribution in [3.63, 3.8) is 0 Å². The van der Waals surface area contributed by atoms with Gasteiger partial charge in [-0.1, -0.05) is 0 Å². The largest absolute Gasteiger partial charge is 0.351 e. The highest BCUT2D eigenvalue weighted by molar-refractivity contribution is 7.99. The predicted octanol–water partition coefficient (Wildman–Crippen LogP) is 1.54. The van der Waals surface area contributed by atoms with Gasteiger partial charge in [-0.3, -0.25) is 4.68 Å². The van der Waals surface area contributed by atoms with E-state index in [0.717, 1.165) is 35.1 Å². The summed E-state index contributed by atoms with van der Waals surface area (Å²) in [6.07, 6.45) is 0. The Balaban J connectivity index is 2.42. The van der Waals surface area contributed by atoms with Gasteiger partial charge < -0.3 is 4.90 Å². The van der Waals surface area contributed by atoms with E-state index >= 15 is 0 Å². The molecule has 1 atom stereocenters. The van der Waals surface area contributed by atoms with E-state index in [-0.39, 0.29) is 0 Å². The molecule has 0 aromatic carbocycles. The van der Waals surface area contributed by atoms with Gasteiger partial charge in [-0.05, 0) is 13.8 Å². The van der Waals surface area contributed by atoms with E-state index in [1.165, 1.54) is 0 Å². The van der Waals surface area contributed by atoms with Crippen molar-refractivity contribution < 1.29 is 0 Å². The summed E-state index contributed by atoms with van der Waals surface area (Å²) in [5.41, 5.74) is 1.55. The first-order valence-electron chi connectivity index (χ1n) is 5.43. The zero-order valence-corrected chi connectivity index (χ0v) is 10.7. The van der Waals surface area contributed by atoms with Crippen LogP contribution in [0.25, 0.3) is 0 Å². The van der Waals surface area contributed by atoms with Crippen LogP contribution in [0.1, 0.15) is 18.2 Å². The Kier molecular flexibility index (Phi) is 3.10. The first-order chi connectivity index (χ1) is 7.65. The molecule has 1 fully saturated rings. The van der Waals surface area contributed by atoms with Gasteiger partial charge in [-0.2, -0.15) is 22.1 Å². The fourth-order valence-electron chi connectivity index (χ4n) is 2.15. The fraction of sp³-hybridized carbons (Fsp3) is 0.636. The molecule has 2 heterocycles. The lowest BCUT2D eigenvalue weighted by Gasteiger charge is -2.34. The first kappa shape index (κ1) is 11.3. The third kappa shape index (κ3) is 1.78. The van der Waals surface area contributed by atoms with Gasteiger partial charge in [0.2, 0.25) is 0 Å². The molecule has 86 valence electrons. The number of anilines is 1. The standard InChI is InChI=1S/C11H16N4S/c1-8-7-16-5-4-15(8)11-10(6-12)9(2)13-14(11)3/h8H,4-5,7H2,1-3H3. The van der Waals surface area contributed by atoms with Crippen molar-refractivity contribution in [2.24, 2.45) is 7.05 Å². The minimum Gasteiger partial charge on any atom is -0.351 e. The van der Waals surface area contributed by atoms with Crippen LogP contribution in [0.15, 0.2) is 0 Å². The summed E-state index contributed by atoms with van der Waals surface area (Å²) in [4.78, 5) is 2.30. The van der Waals surface area contributed by atoms with Gasteiger partial charge in [0.25, 0.3) is 0 Å². The molecule has 1 unspecified atom stereocenters. The monoisotopic (exact) mass is 236 g/mol. The molecule has 4 nitrogen and oxygen atoms in total. The van der Waals surface area contributed by atoms with Crippen LogP contribution < -0.4 is 4.90 Å². The normalized spacial score (nSPS) is 20.9. The summed E-state index contributed by atoms with van der Waals surface area (Å²) in [6.45, 7) is 5.10. The lowest BCUT2D eigenvalue weighted by atomic mass is 10.2. The highest BCUT2D eigenvalue weighted by atomic mass is 32.2. The van der Waals surface area contributed by atoms with Crippen molar-refractivity contribution >= 4 is 17.6 Å². The van der Waals surface area contributed by atoms with Crippen molar-refractivity contribution in [1.29, 1.82) is 5.26 Å². The lowest BCUT2D eigenvalue weighted by molar-refractivity contribution is 0.647. The smallest absolute Gasteiger partial charge is 0.145 e. The molecule has 0 aliphatic carbocycles. The molecule has 1 aliphatic heterocycles. The molecule has 2 rings (SSSR count). The molecule has 0 saturated carbocycles. The molecule has 1 aromatic heterocycles. The molecular formula is C11H16N4S. The number of hydrogen-bond donors (Lipinski definition) is 0. The molecule has 0 radical (unpaired) electrons. The van der Waals surface area contributed by atoms with Crippen molar-refractivity contribution in [2.75, 3.05) is 23.0 Å². The predicted molar refractivity (Wildman–Crippen MR) is 66.8 cm³/mol. The Morgan fingerprint density at radius 1 is 1.56 bits per heavy atom. The summed E-state index contributed by atoms with van der Waals surface area (Å²) >= 11 is 1.97. The summed E-state index contributed by atoms with van der Waals surface area (Å²) in [6, 6.07) is 2.74. The van der Waals surface area contributed by atoms with Crippen molar-refractivity contribution in [1.82, 2.24) is 9.78 Å². The Morgan fingerprint density at radius 3 is 2.94 bits per heavy atom. The van der Waals surface area contributed by atoms with Crippen molar-refractivity contribution in [2.45, 2.75) is 19.9 Å². The van der Waals surface area contributed by atoms with E-state index in [4.69, 9.17) is 0 Å². The van der Waals surface area contributed by atoms with E-state index in [0.29, 0.717) is 6.04 Å². The van der Waals surface area contributed by atoms with Gasteiger partial charge >= 0.3 is 0 Å². The topological polar surface area (TPSA) is 44.9 Å². The van der Waals surface area contributed by atoms with Crippen LogP contribution in [-0.4, -0.2) is 33.9 Å². The van der Waals surface area contributed by atoms with Crippen LogP contribution in [0.3, 0.4) is 0 Å². The highest BCUT2D eigenvalue weighted by Gasteiger charge is 2.25. The van der Waals surface area contributed by atoms with Crippen molar-refractivity contribution in [3.8, 4) is 6.07 Å². The minimum absolute atomic E-state index is 0.473. The van der Waals surface area contributed by atoms with Crippen LogP contribution in [0.4, 0.5) is 5.82 Å². The second-order valence-electron chi connectivity index (χ2n) is 4.14. The van der Waals surface area contributed by atoms with Gasteiger partial charge in [0.15, 0.2) is 0 Å². The minimum atomic E-state index is 0.473. The third-order valence-electron chi connectivity index (χ3n) is 2.94. The van der Waals surface area contributed by atoms with Gasteiger partial charge in [-0.25, -0.2) is 0 Å². The summed E-state index contributed by atoms with van der Waals surface area (Å²) < 4.78 is 1.83. The van der Waals surface area contributed by atoms with Gasteiger partial charge in [0, 0.05) is 31.1 Å². The molecule has 1 aromatic rings. The maximum Gasteiger partial charge on any atom is 0.145 e. The first-order valence-corrected chi connectivity index (χ1v) is 6.58. The van der Waals surface area contributed by atoms with Gasteiger partial charge in [0.05, 0.1) is 5.69 Å². The van der Waals surface area contributed by atoms with E-state index in [1.54, 1.807) is 0 Å². The van der Waals surface area contributed by atoms with Gasteiger partial charge in [-0.15, -0.1) is 0 Å². The molecule has 0 amide bonds. The zero-order valence-electron chi connectivity index (χ0n) is 9.90. The van der Waals surface area contributed by atoms with Gasteiger partial charge in [0.1, 0.15) is 17.5 Å². The van der Waals surface area contributed by atoms with Crippen LogP contribution in [-0.2, 0) is 7.05 Å². The molecule has 0 bridgehead atoms. The van der Waals surface area contributed by atoms with Crippen LogP contribution in [0, 0.1) is 18.3 Å². The van der Waals surface area contributed by atoms with E-state index in [1.807, 2.05) is 30.4 Å². The Labute approximate surface area is 100 Å². The number of aryl methyl sites for hydroxylation is 2. The number of hydrogen-bond acceptors (Lipinski definition) is 4. The number of aromatic nitrogens is 2. The molecule has 0 N–H and O–H groups in total. The van der Waals surface area contributed by atoms with E-state index in [2.05, 4.69) is 23.0 Å². The third-order valence-corrected chi connectivity index (χ3v) is 4.13. The number of nitrogens with zero attached hydrogens (tertiary/aromatic N) is 4. The quantitative estimate of drug-likeness (QED) is 0.742. The maximum absolute atomic E-state index is 9.19. The number of thioether (sulfide) groups is 1. The molecule has 5 heteroatoms. The van der Waals surface area contributed by atoms with Crippen LogP contribution in [0.2, 0.25) is 0 Å². The second-order valence-corrected chi connectivity index (χ2v) is 5.29. The Bertz CT molecular complexity index is 432. The molecule has 1 saturated heterocycles. The summed E-state index contributed by atoms with van der Waals surface area (Å²) in [5, 5.41) is 13.5. The Hall–Kier alpha value is -1.15. The average Bonchev–Trinajstić information content (AvgIpc) is 2.54. The van der Waals surface area contributed by atoms with Crippen LogP contribution >= 0.6 is 11.8 Å². The zero-order chi connectivity index (χ0) is 11.7. The number of rotatable bonds is 1. The SMILES string of the molecule is Cc1nn(C)c(N2CCSCC2C)c1C#N. The van der Waals surface area contributed by atoms with E-state index in [9.17, 15) is 5.26 Å². The molecule has 1 aliphatic rings. The summed E-state index contributed by atoms with van der Waals surface area (Å²) in [7, 11) is 1.91. The summed E-state index contributed by atoms with van der Waals surface area (Å²) in [5.74, 6) is 3.22. The fourth-order valence-corrected chi connectivity index (χ4v) is 3.16. The molecular weight excluding hydrogens is 220 g/mol. The van der Waals surface area contributed by atoms with Crippen LogP contribution in [0.5, 0.6) is 0 Å². The average molecular weight is 236 g/mol. The molecule has 16 heavy (non-hydrogen) atoms. The molecule has 0 spiro atoms. The Morgan fingerprint density at radius 2 is 2.31 bits per heavy atom. The second kappa shape index (κ2) is 4.38. The maximum atomic E-state index is 9.19.